The number of hydrogen-bond donors (Lipinski definition) is 1. The number of halogens is 1. The average molecular weight is 362 g/mol. The molecule has 0 radical (unpaired) electrons. The molecule has 3 fully saturated rings. The molecule has 0 saturated carbocycles. The number of hydrogen-bond acceptors (Lipinski definition) is 3. The SMILES string of the molecule is O=C1CC2(CCN(C[C@@H]3CCNC3)CC2)CN1Cc1ccc(Cl)cc1. The van der Waals surface area contributed by atoms with Gasteiger partial charge in [-0.25, -0.2) is 0 Å². The monoisotopic (exact) mass is 361 g/mol. The molecule has 4 rings (SSSR count). The Kier molecular flexibility index (Phi) is 5.03. The zero-order valence-corrected chi connectivity index (χ0v) is 15.6. The van der Waals surface area contributed by atoms with Gasteiger partial charge in [0.05, 0.1) is 0 Å². The van der Waals surface area contributed by atoms with Crippen LogP contribution in [-0.4, -0.2) is 55.0 Å². The maximum Gasteiger partial charge on any atom is 0.223 e. The summed E-state index contributed by atoms with van der Waals surface area (Å²) in [6, 6.07) is 7.87. The fourth-order valence-corrected chi connectivity index (χ4v) is 4.84. The quantitative estimate of drug-likeness (QED) is 0.895. The molecule has 5 heteroatoms. The van der Waals surface area contributed by atoms with Crippen molar-refractivity contribution in [1.29, 1.82) is 0 Å². The second-order valence-corrected chi connectivity index (χ2v) is 8.65. The van der Waals surface area contributed by atoms with Crippen LogP contribution in [0.1, 0.15) is 31.2 Å². The summed E-state index contributed by atoms with van der Waals surface area (Å²) in [5.41, 5.74) is 1.38. The standard InChI is InChI=1S/C20H28ClN3O/c21-18-3-1-16(2-4-18)14-24-15-20(11-19(24)25)6-9-23(10-7-20)13-17-5-8-22-12-17/h1-4,17,22H,5-15H2/t17-/m1/s1. The number of likely N-dealkylation sites (tertiary alicyclic amines) is 2. The largest absolute Gasteiger partial charge is 0.338 e. The lowest BCUT2D eigenvalue weighted by Gasteiger charge is -2.39. The highest BCUT2D eigenvalue weighted by molar-refractivity contribution is 6.30. The predicted molar refractivity (Wildman–Crippen MR) is 101 cm³/mol. The van der Waals surface area contributed by atoms with Crippen LogP contribution >= 0.6 is 11.6 Å². The lowest BCUT2D eigenvalue weighted by molar-refractivity contribution is -0.128. The van der Waals surface area contributed by atoms with Crippen molar-refractivity contribution in [3.05, 3.63) is 34.9 Å². The fraction of sp³-hybridized carbons (Fsp3) is 0.650. The molecule has 1 amide bonds. The molecule has 4 nitrogen and oxygen atoms in total. The molecule has 3 aliphatic rings. The Hall–Kier alpha value is -1.10. The molecule has 1 aromatic carbocycles. The zero-order chi connectivity index (χ0) is 17.3. The fourth-order valence-electron chi connectivity index (χ4n) is 4.72. The Labute approximate surface area is 155 Å². The summed E-state index contributed by atoms with van der Waals surface area (Å²) in [6.45, 7) is 7.52. The van der Waals surface area contributed by atoms with Crippen LogP contribution in [0.3, 0.4) is 0 Å². The minimum Gasteiger partial charge on any atom is -0.338 e. The van der Waals surface area contributed by atoms with Crippen molar-refractivity contribution in [3.63, 3.8) is 0 Å². The number of nitrogens with one attached hydrogen (secondary N) is 1. The second-order valence-electron chi connectivity index (χ2n) is 8.21. The van der Waals surface area contributed by atoms with Gasteiger partial charge in [0.25, 0.3) is 0 Å². The van der Waals surface area contributed by atoms with Crippen LogP contribution in [0.5, 0.6) is 0 Å². The van der Waals surface area contributed by atoms with Gasteiger partial charge in [-0.15, -0.1) is 0 Å². The van der Waals surface area contributed by atoms with Gasteiger partial charge in [0.15, 0.2) is 0 Å². The third-order valence-corrected chi connectivity index (χ3v) is 6.54. The van der Waals surface area contributed by atoms with Gasteiger partial charge < -0.3 is 15.1 Å². The summed E-state index contributed by atoms with van der Waals surface area (Å²) in [5, 5.41) is 4.21. The molecule has 3 heterocycles. The van der Waals surface area contributed by atoms with Gasteiger partial charge in [0.2, 0.25) is 5.91 Å². The van der Waals surface area contributed by atoms with Gasteiger partial charge in [0.1, 0.15) is 0 Å². The number of benzene rings is 1. The van der Waals surface area contributed by atoms with E-state index in [1.54, 1.807) is 0 Å². The van der Waals surface area contributed by atoms with Gasteiger partial charge >= 0.3 is 0 Å². The van der Waals surface area contributed by atoms with E-state index in [-0.39, 0.29) is 5.41 Å². The maximum absolute atomic E-state index is 12.6. The molecule has 0 aliphatic carbocycles. The Morgan fingerprint density at radius 2 is 1.96 bits per heavy atom. The molecule has 0 bridgehead atoms. The van der Waals surface area contributed by atoms with Crippen LogP contribution in [0, 0.1) is 11.3 Å². The summed E-state index contributed by atoms with van der Waals surface area (Å²) < 4.78 is 0. The topological polar surface area (TPSA) is 35.6 Å². The lowest BCUT2D eigenvalue weighted by Crippen LogP contribution is -2.43. The first-order valence-corrected chi connectivity index (χ1v) is 9.95. The summed E-state index contributed by atoms with van der Waals surface area (Å²) in [6.07, 6.45) is 4.38. The summed E-state index contributed by atoms with van der Waals surface area (Å²) in [5.74, 6) is 1.14. The highest BCUT2D eigenvalue weighted by atomic mass is 35.5. The number of rotatable bonds is 4. The van der Waals surface area contributed by atoms with E-state index in [1.165, 1.54) is 31.6 Å². The van der Waals surface area contributed by atoms with Crippen LogP contribution in [0.2, 0.25) is 5.02 Å². The number of piperidine rings is 1. The van der Waals surface area contributed by atoms with E-state index >= 15 is 0 Å². The maximum atomic E-state index is 12.6. The van der Waals surface area contributed by atoms with Gasteiger partial charge in [-0.05, 0) is 74.5 Å². The van der Waals surface area contributed by atoms with Crippen molar-refractivity contribution >= 4 is 17.5 Å². The first-order valence-electron chi connectivity index (χ1n) is 9.57. The predicted octanol–water partition coefficient (Wildman–Crippen LogP) is 2.76. The molecule has 3 aliphatic heterocycles. The van der Waals surface area contributed by atoms with Crippen LogP contribution in [0.4, 0.5) is 0 Å². The summed E-state index contributed by atoms with van der Waals surface area (Å²) in [4.78, 5) is 17.2. The highest BCUT2D eigenvalue weighted by Gasteiger charge is 2.44. The smallest absolute Gasteiger partial charge is 0.223 e. The van der Waals surface area contributed by atoms with E-state index in [4.69, 9.17) is 11.6 Å². The van der Waals surface area contributed by atoms with Crippen molar-refractivity contribution in [3.8, 4) is 0 Å². The van der Waals surface area contributed by atoms with Crippen LogP contribution in [-0.2, 0) is 11.3 Å². The van der Waals surface area contributed by atoms with E-state index in [2.05, 4.69) is 15.1 Å². The molecule has 1 N–H and O–H groups in total. The Morgan fingerprint density at radius 1 is 1.20 bits per heavy atom. The first kappa shape index (κ1) is 17.3. The molecule has 0 aromatic heterocycles. The highest BCUT2D eigenvalue weighted by Crippen LogP contribution is 2.41. The van der Waals surface area contributed by atoms with E-state index < -0.39 is 0 Å². The lowest BCUT2D eigenvalue weighted by atomic mass is 9.77. The molecular formula is C20H28ClN3O. The van der Waals surface area contributed by atoms with E-state index in [9.17, 15) is 4.79 Å². The van der Waals surface area contributed by atoms with E-state index in [0.29, 0.717) is 5.91 Å². The number of carbonyl (C=O) groups excluding carboxylic acids is 1. The molecule has 1 aromatic rings. The minimum absolute atomic E-state index is 0.216. The number of carbonyl (C=O) groups is 1. The van der Waals surface area contributed by atoms with Crippen LogP contribution in [0.25, 0.3) is 0 Å². The van der Waals surface area contributed by atoms with E-state index in [0.717, 1.165) is 56.4 Å². The third-order valence-electron chi connectivity index (χ3n) is 6.29. The van der Waals surface area contributed by atoms with Gasteiger partial charge in [-0.2, -0.15) is 0 Å². The number of amides is 1. The van der Waals surface area contributed by atoms with Crippen molar-refractivity contribution < 1.29 is 4.79 Å². The number of nitrogens with zero attached hydrogens (tertiary/aromatic N) is 2. The van der Waals surface area contributed by atoms with Crippen molar-refractivity contribution in [2.75, 3.05) is 39.3 Å². The minimum atomic E-state index is 0.216. The molecular weight excluding hydrogens is 334 g/mol. The normalized spacial score (nSPS) is 26.7. The first-order chi connectivity index (χ1) is 12.1. The van der Waals surface area contributed by atoms with Crippen LogP contribution in [0.15, 0.2) is 24.3 Å². The molecule has 25 heavy (non-hydrogen) atoms. The van der Waals surface area contributed by atoms with E-state index in [1.807, 2.05) is 24.3 Å². The zero-order valence-electron chi connectivity index (χ0n) is 14.8. The molecule has 3 saturated heterocycles. The summed E-state index contributed by atoms with van der Waals surface area (Å²) in [7, 11) is 0. The van der Waals surface area contributed by atoms with Gasteiger partial charge in [-0.3, -0.25) is 4.79 Å². The molecule has 136 valence electrons. The van der Waals surface area contributed by atoms with Gasteiger partial charge in [0, 0.05) is 31.1 Å². The molecule has 1 spiro atoms. The third kappa shape index (κ3) is 4.02. The molecule has 0 unspecified atom stereocenters. The van der Waals surface area contributed by atoms with Crippen LogP contribution < -0.4 is 5.32 Å². The van der Waals surface area contributed by atoms with Crippen molar-refractivity contribution in [2.24, 2.45) is 11.3 Å². The molecule has 1 atom stereocenters. The average Bonchev–Trinajstić information content (AvgIpc) is 3.21. The second kappa shape index (κ2) is 7.26. The Bertz CT molecular complexity index is 604. The Balaban J connectivity index is 1.31. The summed E-state index contributed by atoms with van der Waals surface area (Å²) >= 11 is 5.96. The van der Waals surface area contributed by atoms with Gasteiger partial charge in [-0.1, -0.05) is 23.7 Å². The van der Waals surface area contributed by atoms with Crippen molar-refractivity contribution in [2.45, 2.75) is 32.2 Å². The van der Waals surface area contributed by atoms with Crippen molar-refractivity contribution in [1.82, 2.24) is 15.1 Å². The Morgan fingerprint density at radius 3 is 2.64 bits per heavy atom.